The van der Waals surface area contributed by atoms with Crippen molar-refractivity contribution in [3.8, 4) is 11.5 Å². The molecule has 41 heavy (non-hydrogen) atoms. The molecule has 0 bridgehead atoms. The molecule has 1 aliphatic carbocycles. The molecule has 0 radical (unpaired) electrons. The Labute approximate surface area is 242 Å². The Kier molecular flexibility index (Phi) is 10.5. The van der Waals surface area contributed by atoms with Gasteiger partial charge in [0.25, 0.3) is 0 Å². The smallest absolute Gasteiger partial charge is 0.246 e. The number of ether oxygens (including phenoxy) is 1. The number of para-hydroxylation sites is 1. The van der Waals surface area contributed by atoms with Crippen molar-refractivity contribution in [3.63, 3.8) is 0 Å². The topological polar surface area (TPSA) is 92.7 Å². The lowest BCUT2D eigenvalue weighted by Gasteiger charge is -2.34. The zero-order valence-electron chi connectivity index (χ0n) is 23.9. The second-order valence-corrected chi connectivity index (χ2v) is 11.1. The Balaban J connectivity index is 1.01. The van der Waals surface area contributed by atoms with Crippen molar-refractivity contribution in [2.75, 3.05) is 26.3 Å². The quantitative estimate of drug-likeness (QED) is 0.175. The minimum absolute atomic E-state index is 0.0285. The van der Waals surface area contributed by atoms with Gasteiger partial charge in [-0.3, -0.25) is 14.9 Å². The van der Waals surface area contributed by atoms with E-state index in [1.165, 1.54) is 19.3 Å². The van der Waals surface area contributed by atoms with E-state index in [-0.39, 0.29) is 11.8 Å². The molecule has 3 aliphatic rings. The number of fused-ring (bicyclic) bond motifs is 2. The number of rotatable bonds is 15. The predicted octanol–water partition coefficient (Wildman–Crippen LogP) is 5.51. The van der Waals surface area contributed by atoms with Crippen LogP contribution in [0.25, 0.3) is 0 Å². The molecule has 2 fully saturated rings. The second-order valence-electron chi connectivity index (χ2n) is 11.1. The Hall–Kier alpha value is -3.59. The fraction of sp³-hybridized carbons (Fsp3) is 0.531. The average Bonchev–Trinajstić information content (AvgIpc) is 3.36. The predicted molar refractivity (Wildman–Crippen MR) is 157 cm³/mol. The summed E-state index contributed by atoms with van der Waals surface area (Å²) < 4.78 is 6.01. The minimum Gasteiger partial charge on any atom is -0.494 e. The van der Waals surface area contributed by atoms with Gasteiger partial charge >= 0.3 is 0 Å². The van der Waals surface area contributed by atoms with Crippen molar-refractivity contribution in [2.45, 2.75) is 83.2 Å². The van der Waals surface area contributed by atoms with Crippen LogP contribution >= 0.6 is 0 Å². The Morgan fingerprint density at radius 1 is 0.927 bits per heavy atom. The van der Waals surface area contributed by atoms with E-state index in [1.807, 2.05) is 53.4 Å². The number of benzene rings is 2. The summed E-state index contributed by atoms with van der Waals surface area (Å²) in [5.74, 6) is 2.34. The summed E-state index contributed by atoms with van der Waals surface area (Å²) in [4.78, 5) is 44.2. The summed E-state index contributed by atoms with van der Waals surface area (Å²) >= 11 is 0. The van der Waals surface area contributed by atoms with Gasteiger partial charge in [0, 0.05) is 31.1 Å². The van der Waals surface area contributed by atoms with E-state index in [0.717, 1.165) is 62.1 Å². The second kappa shape index (κ2) is 14.9. The molecule has 2 amide bonds. The van der Waals surface area contributed by atoms with E-state index >= 15 is 0 Å². The number of carbonyl (C=O) groups is 2. The van der Waals surface area contributed by atoms with E-state index in [2.05, 4.69) is 15.2 Å². The third-order valence-corrected chi connectivity index (χ3v) is 7.94. The molecule has 1 saturated heterocycles. The summed E-state index contributed by atoms with van der Waals surface area (Å²) in [5, 5.41) is 2.79. The van der Waals surface area contributed by atoms with Crippen molar-refractivity contribution in [1.82, 2.24) is 15.1 Å². The lowest BCUT2D eigenvalue weighted by Crippen LogP contribution is -2.42. The number of nitrogens with one attached hydrogen (secondary N) is 1. The van der Waals surface area contributed by atoms with Crippen molar-refractivity contribution in [1.29, 1.82) is 0 Å². The van der Waals surface area contributed by atoms with E-state index in [9.17, 15) is 9.59 Å². The average molecular weight is 563 g/mol. The van der Waals surface area contributed by atoms with Gasteiger partial charge in [0.1, 0.15) is 12.3 Å². The summed E-state index contributed by atoms with van der Waals surface area (Å²) in [7, 11) is 0. The van der Waals surface area contributed by atoms with Crippen LogP contribution < -0.4 is 14.9 Å². The van der Waals surface area contributed by atoms with Crippen molar-refractivity contribution >= 4 is 23.5 Å². The molecule has 2 aromatic rings. The molecule has 2 aliphatic heterocycles. The van der Waals surface area contributed by atoms with Crippen LogP contribution in [0.1, 0.15) is 76.2 Å². The standard InChI is InChI=1S/C32H42N4O5/c37-30-24-35-23-25-22-28(17-18-29(25)33-32(35)34-30)39-20-11-16-31(38)36(26-12-5-3-6-13-26)19-9-1-2-10-21-40-41-27-14-7-4-8-15-27/h4,7-8,14-15,17-18,22,26H,1-3,5-6,9-13,16,19-21,23-24H2,(H,33,34,37). The van der Waals surface area contributed by atoms with Gasteiger partial charge in [-0.25, -0.2) is 4.99 Å². The van der Waals surface area contributed by atoms with Gasteiger partial charge in [-0.05, 0) is 62.4 Å². The van der Waals surface area contributed by atoms with E-state index in [4.69, 9.17) is 14.5 Å². The summed E-state index contributed by atoms with van der Waals surface area (Å²) in [5.41, 5.74) is 1.90. The van der Waals surface area contributed by atoms with Crippen LogP contribution in [-0.2, 0) is 21.0 Å². The molecule has 0 atom stereocenters. The lowest BCUT2D eigenvalue weighted by atomic mass is 9.93. The molecular weight excluding hydrogens is 520 g/mol. The fourth-order valence-corrected chi connectivity index (χ4v) is 5.77. The van der Waals surface area contributed by atoms with Gasteiger partial charge in [0.2, 0.25) is 17.8 Å². The van der Waals surface area contributed by atoms with Crippen LogP contribution in [0.15, 0.2) is 53.5 Å². The number of nitrogens with zero attached hydrogens (tertiary/aromatic N) is 3. The number of guanidine groups is 1. The first-order valence-corrected chi connectivity index (χ1v) is 15.2. The maximum Gasteiger partial charge on any atom is 0.246 e. The molecule has 1 saturated carbocycles. The van der Waals surface area contributed by atoms with Crippen LogP contribution in [0.2, 0.25) is 0 Å². The number of aliphatic imine (C=N–C) groups is 1. The maximum atomic E-state index is 13.3. The van der Waals surface area contributed by atoms with Crippen molar-refractivity contribution in [3.05, 3.63) is 54.1 Å². The zero-order valence-corrected chi connectivity index (χ0v) is 23.9. The molecular formula is C32H42N4O5. The molecule has 0 spiro atoms. The Morgan fingerprint density at radius 2 is 1.76 bits per heavy atom. The number of amides is 2. The summed E-state index contributed by atoms with van der Waals surface area (Å²) in [6, 6.07) is 15.7. The van der Waals surface area contributed by atoms with Gasteiger partial charge < -0.3 is 19.4 Å². The van der Waals surface area contributed by atoms with Gasteiger partial charge in [0.15, 0.2) is 5.75 Å². The molecule has 220 valence electrons. The number of hydrogen-bond donors (Lipinski definition) is 1. The highest BCUT2D eigenvalue weighted by Crippen LogP contribution is 2.30. The SMILES string of the molecule is O=C1CN2Cc3cc(OCCCC(=O)N(CCCCCCOOc4ccccc4)C4CCCCC4)ccc3N=C2N1. The molecule has 2 heterocycles. The number of hydrogen-bond acceptors (Lipinski definition) is 7. The Morgan fingerprint density at radius 3 is 2.61 bits per heavy atom. The normalized spacial score (nSPS) is 16.4. The highest BCUT2D eigenvalue weighted by molar-refractivity contribution is 6.05. The molecule has 2 aromatic carbocycles. The molecule has 1 N–H and O–H groups in total. The highest BCUT2D eigenvalue weighted by atomic mass is 17.2. The number of carbonyl (C=O) groups excluding carboxylic acids is 2. The third-order valence-electron chi connectivity index (χ3n) is 7.94. The number of unbranched alkanes of at least 4 members (excludes halogenated alkanes) is 3. The van der Waals surface area contributed by atoms with Crippen LogP contribution in [-0.4, -0.2) is 59.9 Å². The molecule has 5 rings (SSSR count). The zero-order chi connectivity index (χ0) is 28.3. The van der Waals surface area contributed by atoms with Gasteiger partial charge in [-0.1, -0.05) is 50.3 Å². The van der Waals surface area contributed by atoms with Gasteiger partial charge in [0.05, 0.1) is 18.9 Å². The highest BCUT2D eigenvalue weighted by Gasteiger charge is 2.29. The molecule has 9 heteroatoms. The third kappa shape index (κ3) is 8.45. The first-order chi connectivity index (χ1) is 20.2. The molecule has 0 unspecified atom stereocenters. The van der Waals surface area contributed by atoms with Gasteiger partial charge in [-0.15, -0.1) is 0 Å². The van der Waals surface area contributed by atoms with Crippen LogP contribution in [0, 0.1) is 0 Å². The summed E-state index contributed by atoms with van der Waals surface area (Å²) in [6.07, 6.45) is 11.2. The maximum absolute atomic E-state index is 13.3. The fourth-order valence-electron chi connectivity index (χ4n) is 5.77. The monoisotopic (exact) mass is 562 g/mol. The molecule has 0 aromatic heterocycles. The van der Waals surface area contributed by atoms with Crippen molar-refractivity contribution in [2.24, 2.45) is 4.99 Å². The van der Waals surface area contributed by atoms with E-state index in [1.54, 1.807) is 0 Å². The molecule has 9 nitrogen and oxygen atoms in total. The van der Waals surface area contributed by atoms with Crippen molar-refractivity contribution < 1.29 is 24.1 Å². The van der Waals surface area contributed by atoms with Crippen LogP contribution in [0.4, 0.5) is 5.69 Å². The van der Waals surface area contributed by atoms with Gasteiger partial charge in [-0.2, -0.15) is 4.89 Å². The van der Waals surface area contributed by atoms with E-state index in [0.29, 0.717) is 56.9 Å². The first-order valence-electron chi connectivity index (χ1n) is 15.2. The van der Waals surface area contributed by atoms with E-state index < -0.39 is 0 Å². The first kappa shape index (κ1) is 28.9. The largest absolute Gasteiger partial charge is 0.494 e. The van der Waals surface area contributed by atoms with Crippen LogP contribution in [0.5, 0.6) is 11.5 Å². The minimum atomic E-state index is -0.0285. The van der Waals surface area contributed by atoms with Crippen LogP contribution in [0.3, 0.4) is 0 Å². The lowest BCUT2D eigenvalue weighted by molar-refractivity contribution is -0.207. The summed E-state index contributed by atoms with van der Waals surface area (Å²) in [6.45, 7) is 2.85. The Bertz CT molecular complexity index is 1180.